The summed E-state index contributed by atoms with van der Waals surface area (Å²) in [5.41, 5.74) is 1.05. The van der Waals surface area contributed by atoms with Gasteiger partial charge in [0.05, 0.1) is 6.61 Å². The average Bonchev–Trinajstić information content (AvgIpc) is 2.95. The van der Waals surface area contributed by atoms with Crippen LogP contribution < -0.4 is 5.32 Å². The summed E-state index contributed by atoms with van der Waals surface area (Å²) in [7, 11) is 0. The summed E-state index contributed by atoms with van der Waals surface area (Å²) < 4.78 is 10.6. The van der Waals surface area contributed by atoms with Gasteiger partial charge < -0.3 is 14.6 Å². The fourth-order valence-corrected chi connectivity index (χ4v) is 2.39. The van der Waals surface area contributed by atoms with Gasteiger partial charge in [-0.1, -0.05) is 41.9 Å². The number of carbonyl (C=O) groups is 1. The molecule has 23 heavy (non-hydrogen) atoms. The molecule has 2 aromatic rings. The summed E-state index contributed by atoms with van der Waals surface area (Å²) in [5, 5.41) is 6.75. The highest BCUT2D eigenvalue weighted by Crippen LogP contribution is 2.35. The number of ether oxygens (including phenoxy) is 1. The van der Waals surface area contributed by atoms with Crippen LogP contribution in [0.25, 0.3) is 0 Å². The number of carbonyl (C=O) groups excluding carboxylic acids is 1. The van der Waals surface area contributed by atoms with Gasteiger partial charge in [0.2, 0.25) is 11.8 Å². The van der Waals surface area contributed by atoms with E-state index in [-0.39, 0.29) is 12.5 Å². The van der Waals surface area contributed by atoms with Crippen molar-refractivity contribution < 1.29 is 14.1 Å². The first-order valence-corrected chi connectivity index (χ1v) is 8.02. The molecule has 1 saturated carbocycles. The zero-order chi connectivity index (χ0) is 15.9. The molecule has 0 radical (unpaired) electrons. The van der Waals surface area contributed by atoms with Crippen molar-refractivity contribution in [1.82, 2.24) is 15.5 Å². The quantitative estimate of drug-likeness (QED) is 0.808. The van der Waals surface area contributed by atoms with Gasteiger partial charge in [-0.05, 0) is 18.4 Å². The van der Waals surface area contributed by atoms with E-state index in [1.54, 1.807) is 0 Å². The molecule has 0 atom stereocenters. The van der Waals surface area contributed by atoms with Crippen LogP contribution in [0.3, 0.4) is 0 Å². The Labute approximate surface area is 135 Å². The summed E-state index contributed by atoms with van der Waals surface area (Å²) in [4.78, 5) is 16.1. The number of rotatable bonds is 8. The second-order valence-corrected chi connectivity index (χ2v) is 5.76. The predicted molar refractivity (Wildman–Crippen MR) is 83.7 cm³/mol. The topological polar surface area (TPSA) is 77.2 Å². The van der Waals surface area contributed by atoms with Crippen molar-refractivity contribution in [3.63, 3.8) is 0 Å². The third-order valence-corrected chi connectivity index (χ3v) is 3.95. The van der Waals surface area contributed by atoms with Gasteiger partial charge in [-0.2, -0.15) is 4.98 Å². The Morgan fingerprint density at radius 3 is 2.87 bits per heavy atom. The van der Waals surface area contributed by atoms with E-state index in [9.17, 15) is 4.79 Å². The van der Waals surface area contributed by atoms with Crippen LogP contribution in [-0.2, 0) is 22.6 Å². The largest absolute Gasteiger partial charge is 0.367 e. The van der Waals surface area contributed by atoms with E-state index < -0.39 is 0 Å². The number of amides is 1. The van der Waals surface area contributed by atoms with Gasteiger partial charge in [0.1, 0.15) is 6.61 Å². The number of nitrogens with one attached hydrogen (secondary N) is 1. The Kier molecular flexibility index (Phi) is 5.37. The smallest absolute Gasteiger partial charge is 0.246 e. The van der Waals surface area contributed by atoms with Crippen molar-refractivity contribution >= 4 is 5.91 Å². The second-order valence-electron chi connectivity index (χ2n) is 5.76. The molecule has 0 aliphatic heterocycles. The van der Waals surface area contributed by atoms with Crippen LogP contribution in [0.2, 0.25) is 0 Å². The van der Waals surface area contributed by atoms with Crippen molar-refractivity contribution in [1.29, 1.82) is 0 Å². The molecule has 122 valence electrons. The monoisotopic (exact) mass is 315 g/mol. The molecule has 1 aromatic carbocycles. The lowest BCUT2D eigenvalue weighted by Crippen LogP contribution is -2.29. The Morgan fingerprint density at radius 2 is 2.13 bits per heavy atom. The minimum absolute atomic E-state index is 0.0501. The van der Waals surface area contributed by atoms with Gasteiger partial charge in [-0.15, -0.1) is 0 Å². The highest BCUT2D eigenvalue weighted by Gasteiger charge is 2.25. The zero-order valence-corrected chi connectivity index (χ0v) is 13.0. The number of aromatic nitrogens is 2. The molecule has 1 fully saturated rings. The third-order valence-electron chi connectivity index (χ3n) is 3.95. The van der Waals surface area contributed by atoms with Crippen LogP contribution in [0.5, 0.6) is 0 Å². The molecular formula is C17H21N3O3. The maximum atomic E-state index is 11.7. The summed E-state index contributed by atoms with van der Waals surface area (Å²) >= 11 is 0. The van der Waals surface area contributed by atoms with E-state index in [4.69, 9.17) is 9.26 Å². The fourth-order valence-electron chi connectivity index (χ4n) is 2.39. The standard InChI is InChI=1S/C17H21N3O3/c21-16(12-22-11-13-5-2-1-3-6-13)18-10-9-15-19-17(23-20-15)14-7-4-8-14/h1-3,5-6,14H,4,7-12H2,(H,18,21). The Hall–Kier alpha value is -2.21. The number of hydrogen-bond acceptors (Lipinski definition) is 5. The van der Waals surface area contributed by atoms with E-state index in [2.05, 4.69) is 15.5 Å². The molecule has 1 heterocycles. The molecule has 3 rings (SSSR count). The minimum atomic E-state index is -0.136. The lowest BCUT2D eigenvalue weighted by molar-refractivity contribution is -0.126. The van der Waals surface area contributed by atoms with Crippen LogP contribution in [0.1, 0.15) is 42.5 Å². The van der Waals surface area contributed by atoms with Crippen LogP contribution in [0.15, 0.2) is 34.9 Å². The molecular weight excluding hydrogens is 294 g/mol. The first kappa shape index (κ1) is 15.7. The van der Waals surface area contributed by atoms with Gasteiger partial charge in [0.25, 0.3) is 0 Å². The number of nitrogens with zero attached hydrogens (tertiary/aromatic N) is 2. The molecule has 0 bridgehead atoms. The van der Waals surface area contributed by atoms with Crippen LogP contribution >= 0.6 is 0 Å². The summed E-state index contributed by atoms with van der Waals surface area (Å²) in [6, 6.07) is 9.77. The first-order chi connectivity index (χ1) is 11.3. The molecule has 1 N–H and O–H groups in total. The zero-order valence-electron chi connectivity index (χ0n) is 13.0. The van der Waals surface area contributed by atoms with Crippen molar-refractivity contribution in [2.24, 2.45) is 0 Å². The SMILES string of the molecule is O=C(COCc1ccccc1)NCCc1noc(C2CCC2)n1. The van der Waals surface area contributed by atoms with Crippen LogP contribution in [0, 0.1) is 0 Å². The van der Waals surface area contributed by atoms with Crippen molar-refractivity contribution in [3.05, 3.63) is 47.6 Å². The lowest BCUT2D eigenvalue weighted by atomic mass is 9.85. The minimum Gasteiger partial charge on any atom is -0.367 e. The first-order valence-electron chi connectivity index (χ1n) is 8.02. The van der Waals surface area contributed by atoms with Crippen LogP contribution in [0.4, 0.5) is 0 Å². The Bertz CT molecular complexity index is 623. The normalized spacial score (nSPS) is 14.4. The molecule has 1 amide bonds. The van der Waals surface area contributed by atoms with E-state index >= 15 is 0 Å². The molecule has 0 unspecified atom stereocenters. The lowest BCUT2D eigenvalue weighted by Gasteiger charge is -2.20. The summed E-state index contributed by atoms with van der Waals surface area (Å²) in [5.74, 6) is 1.70. The summed E-state index contributed by atoms with van der Waals surface area (Å²) in [6.07, 6.45) is 4.08. The van der Waals surface area contributed by atoms with Crippen molar-refractivity contribution in [3.8, 4) is 0 Å². The van der Waals surface area contributed by atoms with E-state index in [1.807, 2.05) is 30.3 Å². The van der Waals surface area contributed by atoms with Crippen molar-refractivity contribution in [2.45, 2.75) is 38.2 Å². The van der Waals surface area contributed by atoms with Gasteiger partial charge in [0, 0.05) is 18.9 Å². The van der Waals surface area contributed by atoms with Crippen LogP contribution in [-0.4, -0.2) is 29.2 Å². The van der Waals surface area contributed by atoms with E-state index in [1.165, 1.54) is 6.42 Å². The molecule has 0 saturated heterocycles. The van der Waals surface area contributed by atoms with E-state index in [0.717, 1.165) is 24.3 Å². The number of hydrogen-bond donors (Lipinski definition) is 1. The third kappa shape index (κ3) is 4.63. The second kappa shape index (κ2) is 7.87. The molecule has 6 heteroatoms. The highest BCUT2D eigenvalue weighted by atomic mass is 16.5. The van der Waals surface area contributed by atoms with Gasteiger partial charge in [-0.25, -0.2) is 0 Å². The fraction of sp³-hybridized carbons (Fsp3) is 0.471. The number of benzene rings is 1. The Balaban J connectivity index is 1.30. The maximum Gasteiger partial charge on any atom is 0.246 e. The molecule has 6 nitrogen and oxygen atoms in total. The molecule has 1 aromatic heterocycles. The molecule has 1 aliphatic carbocycles. The van der Waals surface area contributed by atoms with E-state index in [0.29, 0.717) is 31.3 Å². The van der Waals surface area contributed by atoms with Gasteiger partial charge in [-0.3, -0.25) is 4.79 Å². The highest BCUT2D eigenvalue weighted by molar-refractivity contribution is 5.77. The predicted octanol–water partition coefficient (Wildman–Crippen LogP) is 2.21. The molecule has 0 spiro atoms. The molecule has 1 aliphatic rings. The maximum absolute atomic E-state index is 11.7. The van der Waals surface area contributed by atoms with Gasteiger partial charge >= 0.3 is 0 Å². The van der Waals surface area contributed by atoms with Crippen molar-refractivity contribution in [2.75, 3.05) is 13.2 Å². The Morgan fingerprint density at radius 1 is 1.30 bits per heavy atom. The van der Waals surface area contributed by atoms with Gasteiger partial charge in [0.15, 0.2) is 5.82 Å². The average molecular weight is 315 g/mol. The summed E-state index contributed by atoms with van der Waals surface area (Å²) in [6.45, 7) is 0.968.